The summed E-state index contributed by atoms with van der Waals surface area (Å²) in [6.07, 6.45) is 0. The minimum atomic E-state index is 0.564. The first-order chi connectivity index (χ1) is 38.4. The van der Waals surface area contributed by atoms with Crippen LogP contribution in [0.15, 0.2) is 269 Å². The van der Waals surface area contributed by atoms with Crippen LogP contribution in [0, 0.1) is 0 Å². The third-order valence-electron chi connectivity index (χ3n) is 12.8. The molecule has 374 valence electrons. The first-order valence-corrected chi connectivity index (χ1v) is 25.7. The highest BCUT2D eigenvalue weighted by Gasteiger charge is 2.19. The summed E-state index contributed by atoms with van der Waals surface area (Å²) in [5.74, 6) is 2.99. The molecule has 0 radical (unpaired) electrons. The Balaban J connectivity index is 0.000000146. The lowest BCUT2D eigenvalue weighted by Crippen LogP contribution is -2.10. The smallest absolute Gasteiger partial charge is 0.227 e. The van der Waals surface area contributed by atoms with Crippen LogP contribution < -0.4 is 10.6 Å². The number of benzene rings is 10. The molecule has 5 aromatic heterocycles. The lowest BCUT2D eigenvalue weighted by Gasteiger charge is -2.26. The zero-order valence-electron chi connectivity index (χ0n) is 41.3. The van der Waals surface area contributed by atoms with Crippen molar-refractivity contribution in [2.75, 3.05) is 10.6 Å². The van der Waals surface area contributed by atoms with Crippen LogP contribution in [-0.2, 0) is 0 Å². The Labute approximate surface area is 453 Å². The first kappa shape index (κ1) is 47.4. The molecule has 0 aliphatic carbocycles. The molecule has 0 unspecified atom stereocenters. The van der Waals surface area contributed by atoms with E-state index in [9.17, 15) is 0 Å². The number of rotatable bonds is 8. The van der Waals surface area contributed by atoms with E-state index in [4.69, 9.17) is 37.8 Å². The fraction of sp³-hybridized carbons (Fsp3) is 0. The predicted molar refractivity (Wildman–Crippen MR) is 311 cm³/mol. The molecule has 10 aromatic carbocycles. The standard InChI is InChI=1S/C39H24N4O3.C13H8BrNO.C13H10N2O/c1-4-16-34-31(13-1)40-37(44-34)25-19-21-28(22-20-25)43(29-11-7-9-26(23-29)38-41-32-14-2-5-17-35(32)45-38)30-12-8-10-27(24-30)39-42-33-15-3-6-18-36(33)46-39;14-10-5-3-4-9(8-10)13-15-11-6-1-2-7-12(11)16-13;14-10-7-5-9(6-8-10)13-15-11-3-1-2-4-12(11)16-13/h1-24H;1-8H;1-8H,14H2. The van der Waals surface area contributed by atoms with Crippen LogP contribution in [0.25, 0.3) is 113 Å². The number of anilines is 4. The SMILES string of the molecule is Brc1cccc(-c2nc3ccccc3o2)c1.Nc1ccc(-c2nc3ccccc3o2)cc1.c1cc(-c2nc3ccccc3o2)cc(N(c2ccc(-c3nc4ccccc4o3)cc2)c2cccc(-c3nc4ccccc4o3)c2)c1. The van der Waals surface area contributed by atoms with E-state index >= 15 is 0 Å². The van der Waals surface area contributed by atoms with Crippen LogP contribution in [0.4, 0.5) is 22.7 Å². The van der Waals surface area contributed by atoms with Crippen molar-refractivity contribution in [1.82, 2.24) is 24.9 Å². The van der Waals surface area contributed by atoms with Gasteiger partial charge in [0.1, 0.15) is 27.6 Å². The number of para-hydroxylation sites is 10. The Kier molecular flexibility index (Phi) is 12.6. The number of aromatic nitrogens is 5. The number of hydrogen-bond acceptors (Lipinski definition) is 12. The fourth-order valence-electron chi connectivity index (χ4n) is 8.98. The lowest BCUT2D eigenvalue weighted by molar-refractivity contribution is 0.619. The predicted octanol–water partition coefficient (Wildman–Crippen LogP) is 17.9. The molecular formula is C65H42BrN7O5. The van der Waals surface area contributed by atoms with Crippen LogP contribution in [0.1, 0.15) is 0 Å². The molecule has 0 spiro atoms. The number of oxazole rings is 5. The number of nitrogen functional groups attached to an aromatic ring is 1. The second-order valence-electron chi connectivity index (χ2n) is 18.0. The van der Waals surface area contributed by atoms with Gasteiger partial charge in [0, 0.05) is 55.0 Å². The summed E-state index contributed by atoms with van der Waals surface area (Å²) in [7, 11) is 0. The van der Waals surface area contributed by atoms with Crippen molar-refractivity contribution >= 4 is 94.2 Å². The zero-order chi connectivity index (χ0) is 52.4. The van der Waals surface area contributed by atoms with Crippen LogP contribution in [-0.4, -0.2) is 24.9 Å². The summed E-state index contributed by atoms with van der Waals surface area (Å²) in [6.45, 7) is 0. The van der Waals surface area contributed by atoms with Crippen molar-refractivity contribution in [2.24, 2.45) is 0 Å². The molecule has 0 saturated heterocycles. The van der Waals surface area contributed by atoms with Gasteiger partial charge in [-0.05, 0) is 164 Å². The molecule has 15 rings (SSSR count). The van der Waals surface area contributed by atoms with E-state index in [1.54, 1.807) is 0 Å². The summed E-state index contributed by atoms with van der Waals surface area (Å²) in [6, 6.07) is 78.8. The minimum Gasteiger partial charge on any atom is -0.436 e. The van der Waals surface area contributed by atoms with Gasteiger partial charge in [0.15, 0.2) is 27.9 Å². The minimum absolute atomic E-state index is 0.564. The Bertz CT molecular complexity index is 4290. The first-order valence-electron chi connectivity index (χ1n) is 24.9. The Morgan fingerprint density at radius 2 is 0.590 bits per heavy atom. The van der Waals surface area contributed by atoms with Gasteiger partial charge in [-0.25, -0.2) is 24.9 Å². The third kappa shape index (κ3) is 9.87. The molecule has 15 aromatic rings. The number of halogens is 1. The van der Waals surface area contributed by atoms with E-state index < -0.39 is 0 Å². The molecule has 2 N–H and O–H groups in total. The molecule has 0 aliphatic rings. The molecular weight excluding hydrogens is 1040 g/mol. The molecule has 12 nitrogen and oxygen atoms in total. The van der Waals surface area contributed by atoms with Crippen LogP contribution >= 0.6 is 15.9 Å². The topological polar surface area (TPSA) is 159 Å². The van der Waals surface area contributed by atoms with Crippen molar-refractivity contribution in [3.8, 4) is 57.3 Å². The summed E-state index contributed by atoms with van der Waals surface area (Å²) in [5.41, 5.74) is 21.8. The molecule has 0 saturated carbocycles. The number of fused-ring (bicyclic) bond motifs is 5. The van der Waals surface area contributed by atoms with Gasteiger partial charge >= 0.3 is 0 Å². The van der Waals surface area contributed by atoms with E-state index in [0.717, 1.165) is 111 Å². The second kappa shape index (κ2) is 20.7. The average Bonchev–Trinajstić information content (AvgIpc) is 4.39. The van der Waals surface area contributed by atoms with E-state index in [0.29, 0.717) is 29.5 Å². The average molecular weight is 1080 g/mol. The molecule has 0 aliphatic heterocycles. The third-order valence-corrected chi connectivity index (χ3v) is 13.3. The highest BCUT2D eigenvalue weighted by Crippen LogP contribution is 2.40. The van der Waals surface area contributed by atoms with Gasteiger partial charge in [0.25, 0.3) is 0 Å². The molecule has 0 atom stereocenters. The maximum absolute atomic E-state index is 6.13. The van der Waals surface area contributed by atoms with Gasteiger partial charge in [0.2, 0.25) is 29.5 Å². The van der Waals surface area contributed by atoms with Crippen molar-refractivity contribution in [3.05, 3.63) is 247 Å². The van der Waals surface area contributed by atoms with Crippen LogP contribution in [0.5, 0.6) is 0 Å². The molecule has 13 heteroatoms. The fourth-order valence-corrected chi connectivity index (χ4v) is 9.38. The van der Waals surface area contributed by atoms with Crippen LogP contribution in [0.3, 0.4) is 0 Å². The van der Waals surface area contributed by atoms with Crippen molar-refractivity contribution in [3.63, 3.8) is 0 Å². The molecule has 0 bridgehead atoms. The number of hydrogen-bond donors (Lipinski definition) is 1. The Hall–Kier alpha value is -10.4. The summed E-state index contributed by atoms with van der Waals surface area (Å²) < 4.78 is 30.6. The van der Waals surface area contributed by atoms with Crippen molar-refractivity contribution in [2.45, 2.75) is 0 Å². The van der Waals surface area contributed by atoms with E-state index in [1.807, 2.05) is 206 Å². The Morgan fingerprint density at radius 1 is 0.282 bits per heavy atom. The molecule has 0 amide bonds. The molecule has 78 heavy (non-hydrogen) atoms. The van der Waals surface area contributed by atoms with Crippen LogP contribution in [0.2, 0.25) is 0 Å². The van der Waals surface area contributed by atoms with Crippen molar-refractivity contribution < 1.29 is 22.1 Å². The maximum atomic E-state index is 6.13. The van der Waals surface area contributed by atoms with E-state index in [1.165, 1.54) is 0 Å². The summed E-state index contributed by atoms with van der Waals surface area (Å²) >= 11 is 3.43. The molecule has 5 heterocycles. The Morgan fingerprint density at radius 3 is 0.936 bits per heavy atom. The lowest BCUT2D eigenvalue weighted by atomic mass is 10.1. The largest absolute Gasteiger partial charge is 0.436 e. The zero-order valence-corrected chi connectivity index (χ0v) is 42.9. The second-order valence-corrected chi connectivity index (χ2v) is 19.0. The van der Waals surface area contributed by atoms with E-state index in [-0.39, 0.29) is 0 Å². The monoisotopic (exact) mass is 1080 g/mol. The van der Waals surface area contributed by atoms with Crippen molar-refractivity contribution in [1.29, 1.82) is 0 Å². The van der Waals surface area contributed by atoms with Gasteiger partial charge in [-0.2, -0.15) is 0 Å². The number of nitrogens with zero attached hydrogens (tertiary/aromatic N) is 6. The van der Waals surface area contributed by atoms with E-state index in [2.05, 4.69) is 72.2 Å². The number of nitrogens with two attached hydrogens (primary N) is 1. The van der Waals surface area contributed by atoms with Gasteiger partial charge in [-0.1, -0.05) is 94.8 Å². The van der Waals surface area contributed by atoms with Gasteiger partial charge in [0.05, 0.1) is 0 Å². The molecule has 0 fully saturated rings. The van der Waals surface area contributed by atoms with Gasteiger partial charge < -0.3 is 32.7 Å². The summed E-state index contributed by atoms with van der Waals surface area (Å²) in [5, 5.41) is 0. The highest BCUT2D eigenvalue weighted by atomic mass is 79.9. The van der Waals surface area contributed by atoms with Gasteiger partial charge in [-0.15, -0.1) is 0 Å². The highest BCUT2D eigenvalue weighted by molar-refractivity contribution is 9.10. The quantitative estimate of drug-likeness (QED) is 0.144. The summed E-state index contributed by atoms with van der Waals surface area (Å²) in [4.78, 5) is 25.2. The van der Waals surface area contributed by atoms with Gasteiger partial charge in [-0.3, -0.25) is 0 Å². The normalized spacial score (nSPS) is 11.2. The maximum Gasteiger partial charge on any atom is 0.227 e.